The molecule has 1 amide bonds. The van der Waals surface area contributed by atoms with Crippen LogP contribution in [0, 0.1) is 5.92 Å². The lowest BCUT2D eigenvalue weighted by Crippen LogP contribution is -2.37. The number of rotatable bonds is 6. The Bertz CT molecular complexity index is 851. The number of aryl methyl sites for hydroxylation is 1. The van der Waals surface area contributed by atoms with E-state index in [0.29, 0.717) is 18.2 Å². The molecule has 4 nitrogen and oxygen atoms in total. The summed E-state index contributed by atoms with van der Waals surface area (Å²) in [5.41, 5.74) is 2.06. The van der Waals surface area contributed by atoms with Crippen molar-refractivity contribution < 1.29 is 13.6 Å². The molecular weight excluding hydrogens is 392 g/mol. The molecule has 0 aliphatic heterocycles. The lowest BCUT2D eigenvalue weighted by molar-refractivity contribution is -0.129. The van der Waals surface area contributed by atoms with E-state index < -0.39 is 5.92 Å². The number of hydrogen-bond donors (Lipinski definition) is 1. The van der Waals surface area contributed by atoms with Crippen LogP contribution in [0.15, 0.2) is 12.1 Å². The summed E-state index contributed by atoms with van der Waals surface area (Å²) in [6, 6.07) is 3.88. The standard InChI is InChI=1S/C19H22ClF2N3OS/c1-25-18(23-16(26)7-11-9-19(21,22)10-11)17(12-3-2-4-12)14(24-25)8-13-5-6-15(20)27-13/h5-6,11-12H,2-4,7-10H2,1H3,(H,23,26). The molecule has 0 saturated heterocycles. The number of nitrogens with one attached hydrogen (secondary N) is 1. The van der Waals surface area contributed by atoms with Gasteiger partial charge in [0.05, 0.1) is 10.0 Å². The molecule has 2 aliphatic carbocycles. The van der Waals surface area contributed by atoms with Gasteiger partial charge < -0.3 is 5.32 Å². The minimum absolute atomic E-state index is 0.140. The first kappa shape index (κ1) is 18.9. The summed E-state index contributed by atoms with van der Waals surface area (Å²) in [7, 11) is 1.82. The van der Waals surface area contributed by atoms with Crippen LogP contribution in [0.5, 0.6) is 0 Å². The Hall–Kier alpha value is -1.47. The van der Waals surface area contributed by atoms with Gasteiger partial charge >= 0.3 is 0 Å². The first-order chi connectivity index (χ1) is 12.8. The highest BCUT2D eigenvalue weighted by Crippen LogP contribution is 2.45. The van der Waals surface area contributed by atoms with E-state index in [9.17, 15) is 13.6 Å². The van der Waals surface area contributed by atoms with Crippen LogP contribution >= 0.6 is 22.9 Å². The third kappa shape index (κ3) is 4.04. The molecule has 146 valence electrons. The Labute approximate surface area is 165 Å². The molecule has 2 aromatic rings. The number of hydrogen-bond acceptors (Lipinski definition) is 3. The predicted octanol–water partition coefficient (Wildman–Crippen LogP) is 5.37. The van der Waals surface area contributed by atoms with Crippen molar-refractivity contribution in [2.24, 2.45) is 13.0 Å². The van der Waals surface area contributed by atoms with E-state index in [4.69, 9.17) is 11.6 Å². The molecular formula is C19H22ClF2N3OS. The largest absolute Gasteiger partial charge is 0.311 e. The third-order valence-electron chi connectivity index (χ3n) is 5.55. The molecule has 27 heavy (non-hydrogen) atoms. The Morgan fingerprint density at radius 2 is 2.15 bits per heavy atom. The number of aromatic nitrogens is 2. The highest BCUT2D eigenvalue weighted by molar-refractivity contribution is 7.16. The summed E-state index contributed by atoms with van der Waals surface area (Å²) in [5, 5.41) is 7.61. The molecule has 0 radical (unpaired) electrons. The number of amides is 1. The molecule has 8 heteroatoms. The zero-order valence-corrected chi connectivity index (χ0v) is 16.7. The molecule has 2 heterocycles. The summed E-state index contributed by atoms with van der Waals surface area (Å²) in [6.45, 7) is 0. The van der Waals surface area contributed by atoms with E-state index in [1.807, 2.05) is 19.2 Å². The number of halogens is 3. The quantitative estimate of drug-likeness (QED) is 0.692. The lowest BCUT2D eigenvalue weighted by atomic mass is 9.78. The number of alkyl halides is 2. The number of thiophene rings is 1. The van der Waals surface area contributed by atoms with Gasteiger partial charge in [-0.3, -0.25) is 9.48 Å². The summed E-state index contributed by atoms with van der Waals surface area (Å²) >= 11 is 7.58. The Balaban J connectivity index is 1.51. The average molecular weight is 414 g/mol. The number of nitrogens with zero attached hydrogens (tertiary/aromatic N) is 2. The molecule has 0 bridgehead atoms. The zero-order chi connectivity index (χ0) is 19.2. The van der Waals surface area contributed by atoms with Crippen molar-refractivity contribution >= 4 is 34.7 Å². The van der Waals surface area contributed by atoms with Crippen molar-refractivity contribution in [3.8, 4) is 0 Å². The fraction of sp³-hybridized carbons (Fsp3) is 0.579. The van der Waals surface area contributed by atoms with Crippen molar-refractivity contribution in [1.82, 2.24) is 9.78 Å². The van der Waals surface area contributed by atoms with Crippen molar-refractivity contribution in [3.63, 3.8) is 0 Å². The van der Waals surface area contributed by atoms with E-state index in [1.54, 1.807) is 4.68 Å². The van der Waals surface area contributed by atoms with E-state index >= 15 is 0 Å². The van der Waals surface area contributed by atoms with E-state index in [2.05, 4.69) is 10.4 Å². The predicted molar refractivity (Wildman–Crippen MR) is 103 cm³/mol. The maximum Gasteiger partial charge on any atom is 0.248 e. The third-order valence-corrected chi connectivity index (χ3v) is 6.78. The van der Waals surface area contributed by atoms with Gasteiger partial charge in [0.25, 0.3) is 0 Å². The minimum atomic E-state index is -2.59. The van der Waals surface area contributed by atoms with Gasteiger partial charge in [-0.1, -0.05) is 18.0 Å². The fourth-order valence-electron chi connectivity index (χ4n) is 3.99. The van der Waals surface area contributed by atoms with E-state index in [-0.39, 0.29) is 31.1 Å². The molecule has 0 spiro atoms. The van der Waals surface area contributed by atoms with Gasteiger partial charge in [0.1, 0.15) is 5.82 Å². The van der Waals surface area contributed by atoms with E-state index in [1.165, 1.54) is 17.8 Å². The highest BCUT2D eigenvalue weighted by Gasteiger charge is 2.45. The summed E-state index contributed by atoms with van der Waals surface area (Å²) in [6.07, 6.45) is 3.79. The fourth-order valence-corrected chi connectivity index (χ4v) is 5.08. The minimum Gasteiger partial charge on any atom is -0.311 e. The van der Waals surface area contributed by atoms with Crippen molar-refractivity contribution in [3.05, 3.63) is 32.6 Å². The van der Waals surface area contributed by atoms with Crippen LogP contribution in [-0.2, 0) is 18.3 Å². The van der Waals surface area contributed by atoms with Crippen LogP contribution in [0.2, 0.25) is 4.34 Å². The van der Waals surface area contributed by atoms with Crippen LogP contribution in [0.3, 0.4) is 0 Å². The second-order valence-corrected chi connectivity index (χ2v) is 9.53. The summed E-state index contributed by atoms with van der Waals surface area (Å²) in [5.74, 6) is -1.91. The molecule has 2 aliphatic rings. The lowest BCUT2D eigenvalue weighted by Gasteiger charge is -2.34. The second kappa shape index (κ2) is 7.17. The van der Waals surface area contributed by atoms with Crippen LogP contribution < -0.4 is 5.32 Å². The molecule has 2 saturated carbocycles. The first-order valence-corrected chi connectivity index (χ1v) is 10.5. The SMILES string of the molecule is Cn1nc(Cc2ccc(Cl)s2)c(C2CCC2)c1NC(=O)CC1CC(F)(F)C1. The maximum absolute atomic E-state index is 13.0. The second-order valence-electron chi connectivity index (χ2n) is 7.73. The number of carbonyl (C=O) groups excluding carboxylic acids is 1. The maximum atomic E-state index is 13.0. The number of anilines is 1. The summed E-state index contributed by atoms with van der Waals surface area (Å²) in [4.78, 5) is 13.6. The van der Waals surface area contributed by atoms with Crippen molar-refractivity contribution in [1.29, 1.82) is 0 Å². The average Bonchev–Trinajstić information content (AvgIpc) is 3.02. The molecule has 2 aromatic heterocycles. The van der Waals surface area contributed by atoms with Gasteiger partial charge in [0, 0.05) is 43.2 Å². The van der Waals surface area contributed by atoms with Crippen LogP contribution in [0.25, 0.3) is 0 Å². The van der Waals surface area contributed by atoms with Crippen LogP contribution in [0.1, 0.15) is 60.6 Å². The smallest absolute Gasteiger partial charge is 0.248 e. The van der Waals surface area contributed by atoms with Crippen LogP contribution in [-0.4, -0.2) is 21.6 Å². The van der Waals surface area contributed by atoms with Crippen molar-refractivity contribution in [2.75, 3.05) is 5.32 Å². The summed E-state index contributed by atoms with van der Waals surface area (Å²) < 4.78 is 28.5. The molecule has 4 rings (SSSR count). The normalized spacial score (nSPS) is 19.6. The van der Waals surface area contributed by atoms with Gasteiger partial charge in [0.2, 0.25) is 11.8 Å². The van der Waals surface area contributed by atoms with Gasteiger partial charge in [-0.05, 0) is 36.8 Å². The van der Waals surface area contributed by atoms with Crippen molar-refractivity contribution in [2.45, 2.75) is 56.8 Å². The Kier molecular flexibility index (Phi) is 5.01. The molecule has 0 aromatic carbocycles. The van der Waals surface area contributed by atoms with Gasteiger partial charge in [-0.25, -0.2) is 8.78 Å². The van der Waals surface area contributed by atoms with Gasteiger partial charge in [-0.15, -0.1) is 11.3 Å². The van der Waals surface area contributed by atoms with Gasteiger partial charge in [-0.2, -0.15) is 5.10 Å². The Morgan fingerprint density at radius 3 is 2.70 bits per heavy atom. The topological polar surface area (TPSA) is 46.9 Å². The first-order valence-electron chi connectivity index (χ1n) is 9.28. The monoisotopic (exact) mass is 413 g/mol. The molecule has 2 fully saturated rings. The molecule has 0 unspecified atom stereocenters. The van der Waals surface area contributed by atoms with E-state index in [0.717, 1.165) is 33.3 Å². The zero-order valence-electron chi connectivity index (χ0n) is 15.1. The van der Waals surface area contributed by atoms with Crippen LogP contribution in [0.4, 0.5) is 14.6 Å². The number of carbonyl (C=O) groups is 1. The molecule has 1 N–H and O–H groups in total. The van der Waals surface area contributed by atoms with Gasteiger partial charge in [0.15, 0.2) is 0 Å². The Morgan fingerprint density at radius 1 is 1.41 bits per heavy atom. The highest BCUT2D eigenvalue weighted by atomic mass is 35.5. The molecule has 0 atom stereocenters.